The summed E-state index contributed by atoms with van der Waals surface area (Å²) in [6, 6.07) is 23.2. The minimum atomic E-state index is -4.78. The predicted molar refractivity (Wildman–Crippen MR) is 172 cm³/mol. The number of likely N-dealkylation sites (N-methyl/N-ethyl adjacent to an activating group) is 1. The topological polar surface area (TPSA) is 86.8 Å². The lowest BCUT2D eigenvalue weighted by Crippen LogP contribution is -2.53. The van der Waals surface area contributed by atoms with Crippen LogP contribution in [0.3, 0.4) is 0 Å². The van der Waals surface area contributed by atoms with Crippen molar-refractivity contribution in [2.75, 3.05) is 17.4 Å². The zero-order chi connectivity index (χ0) is 33.5. The molecule has 4 aromatic rings. The molecule has 0 aliphatic carbocycles. The van der Waals surface area contributed by atoms with Gasteiger partial charge in [0.25, 0.3) is 10.0 Å². The maximum atomic E-state index is 14.3. The number of sulfonamides is 1. The third kappa shape index (κ3) is 8.60. The van der Waals surface area contributed by atoms with Gasteiger partial charge in [-0.2, -0.15) is 13.2 Å². The van der Waals surface area contributed by atoms with Gasteiger partial charge in [-0.05, 0) is 60.5 Å². The quantitative estimate of drug-likeness (QED) is 0.174. The molecule has 0 aliphatic heterocycles. The first-order chi connectivity index (χ1) is 21.8. The van der Waals surface area contributed by atoms with E-state index in [1.807, 2.05) is 0 Å². The van der Waals surface area contributed by atoms with Crippen molar-refractivity contribution in [3.8, 4) is 0 Å². The van der Waals surface area contributed by atoms with E-state index in [9.17, 15) is 31.2 Å². The van der Waals surface area contributed by atoms with Crippen molar-refractivity contribution in [3.63, 3.8) is 0 Å². The van der Waals surface area contributed by atoms with Gasteiger partial charge in [0.05, 0.1) is 26.2 Å². The third-order valence-corrected chi connectivity index (χ3v) is 9.56. The molecule has 0 saturated carbocycles. The number of hydrogen-bond donors (Lipinski definition) is 1. The summed E-state index contributed by atoms with van der Waals surface area (Å²) < 4.78 is 69.7. The zero-order valence-corrected chi connectivity index (χ0v) is 26.9. The Balaban J connectivity index is 1.84. The lowest BCUT2D eigenvalue weighted by Gasteiger charge is -2.34. The van der Waals surface area contributed by atoms with Gasteiger partial charge in [0, 0.05) is 19.5 Å². The number of carbonyl (C=O) groups excluding carboxylic acids is 2. The van der Waals surface area contributed by atoms with Crippen molar-refractivity contribution >= 4 is 50.7 Å². The Kier molecular flexibility index (Phi) is 11.4. The molecule has 0 aromatic heterocycles. The normalized spacial score (nSPS) is 12.3. The Morgan fingerprint density at radius 1 is 0.826 bits per heavy atom. The molecule has 7 nitrogen and oxygen atoms in total. The maximum absolute atomic E-state index is 14.3. The fraction of sp³-hybridized carbons (Fsp3) is 0.212. The lowest BCUT2D eigenvalue weighted by atomic mass is 10.0. The van der Waals surface area contributed by atoms with Crippen LogP contribution in [0, 0.1) is 0 Å². The molecule has 0 bridgehead atoms. The lowest BCUT2D eigenvalue weighted by molar-refractivity contribution is -0.140. The monoisotopic (exact) mass is 691 g/mol. The van der Waals surface area contributed by atoms with E-state index in [-0.39, 0.29) is 40.1 Å². The van der Waals surface area contributed by atoms with Gasteiger partial charge in [-0.15, -0.1) is 0 Å². The Labute approximate surface area is 275 Å². The number of benzene rings is 4. The Bertz CT molecular complexity index is 1780. The van der Waals surface area contributed by atoms with Crippen LogP contribution in [0.25, 0.3) is 0 Å². The standard InChI is InChI=1S/C33H30Cl2F3N3O4S/c1-2-39-32(43)30(19-23-10-5-3-6-11-23)40(21-24-16-17-28(34)29(35)18-24)31(42)22-41(46(44,45)27-14-7-4-8-15-27)26-13-9-12-25(20-26)33(36,37)38/h3-18,20,30H,2,19,21-22H2,1H3,(H,39,43)/t30-/m0/s1. The summed E-state index contributed by atoms with van der Waals surface area (Å²) in [4.78, 5) is 28.8. The summed E-state index contributed by atoms with van der Waals surface area (Å²) in [6.07, 6.45) is -4.71. The number of halogens is 5. The summed E-state index contributed by atoms with van der Waals surface area (Å²) in [5, 5.41) is 3.19. The van der Waals surface area contributed by atoms with Crippen LogP contribution in [0.2, 0.25) is 10.0 Å². The molecule has 0 fully saturated rings. The molecule has 4 aromatic carbocycles. The van der Waals surface area contributed by atoms with E-state index < -0.39 is 46.2 Å². The number of nitrogens with one attached hydrogen (secondary N) is 1. The van der Waals surface area contributed by atoms with Crippen molar-refractivity contribution in [1.82, 2.24) is 10.2 Å². The molecule has 242 valence electrons. The largest absolute Gasteiger partial charge is 0.416 e. The number of alkyl halides is 3. The molecular weight excluding hydrogens is 662 g/mol. The number of carbonyl (C=O) groups is 2. The van der Waals surface area contributed by atoms with Gasteiger partial charge in [-0.1, -0.05) is 83.9 Å². The van der Waals surface area contributed by atoms with Crippen LogP contribution >= 0.6 is 23.2 Å². The number of amides is 2. The second kappa shape index (κ2) is 15.0. The van der Waals surface area contributed by atoms with E-state index in [1.165, 1.54) is 47.4 Å². The van der Waals surface area contributed by atoms with E-state index in [2.05, 4.69) is 5.32 Å². The van der Waals surface area contributed by atoms with Crippen molar-refractivity contribution in [1.29, 1.82) is 0 Å². The number of nitrogens with zero attached hydrogens (tertiary/aromatic N) is 2. The molecule has 0 unspecified atom stereocenters. The number of anilines is 1. The zero-order valence-electron chi connectivity index (χ0n) is 24.5. The minimum Gasteiger partial charge on any atom is -0.355 e. The predicted octanol–water partition coefficient (Wildman–Crippen LogP) is 6.98. The Hall–Kier alpha value is -4.06. The fourth-order valence-electron chi connectivity index (χ4n) is 4.77. The summed E-state index contributed by atoms with van der Waals surface area (Å²) in [6.45, 7) is 0.860. The number of hydrogen-bond acceptors (Lipinski definition) is 4. The van der Waals surface area contributed by atoms with E-state index in [4.69, 9.17) is 23.2 Å². The second-order valence-electron chi connectivity index (χ2n) is 10.2. The molecular formula is C33H30Cl2F3N3O4S. The highest BCUT2D eigenvalue weighted by Gasteiger charge is 2.36. The SMILES string of the molecule is CCNC(=O)[C@H](Cc1ccccc1)N(Cc1ccc(Cl)c(Cl)c1)C(=O)CN(c1cccc(C(F)(F)F)c1)S(=O)(=O)c1ccccc1. The fourth-order valence-corrected chi connectivity index (χ4v) is 6.51. The number of rotatable bonds is 12. The first-order valence-electron chi connectivity index (χ1n) is 14.1. The third-order valence-electron chi connectivity index (χ3n) is 7.03. The maximum Gasteiger partial charge on any atom is 0.416 e. The molecule has 46 heavy (non-hydrogen) atoms. The molecule has 2 amide bonds. The summed E-state index contributed by atoms with van der Waals surface area (Å²) in [5.41, 5.74) is -0.263. The van der Waals surface area contributed by atoms with Crippen LogP contribution in [0.1, 0.15) is 23.6 Å². The van der Waals surface area contributed by atoms with Crippen molar-refractivity contribution in [3.05, 3.63) is 130 Å². The van der Waals surface area contributed by atoms with Gasteiger partial charge < -0.3 is 10.2 Å². The summed E-state index contributed by atoms with van der Waals surface area (Å²) in [7, 11) is -4.57. The van der Waals surface area contributed by atoms with Gasteiger partial charge in [0.2, 0.25) is 11.8 Å². The van der Waals surface area contributed by atoms with Gasteiger partial charge >= 0.3 is 6.18 Å². The van der Waals surface area contributed by atoms with Gasteiger partial charge in [0.1, 0.15) is 12.6 Å². The molecule has 13 heteroatoms. The second-order valence-corrected chi connectivity index (χ2v) is 12.9. The van der Waals surface area contributed by atoms with Crippen molar-refractivity contribution in [2.24, 2.45) is 0 Å². The highest BCUT2D eigenvalue weighted by atomic mass is 35.5. The van der Waals surface area contributed by atoms with Crippen LogP contribution in [-0.2, 0) is 38.8 Å². The van der Waals surface area contributed by atoms with Crippen LogP contribution in [0.5, 0.6) is 0 Å². The molecule has 0 aliphatic rings. The van der Waals surface area contributed by atoms with E-state index in [1.54, 1.807) is 49.4 Å². The van der Waals surface area contributed by atoms with Gasteiger partial charge in [0.15, 0.2) is 0 Å². The van der Waals surface area contributed by atoms with Crippen LogP contribution < -0.4 is 9.62 Å². The highest BCUT2D eigenvalue weighted by Crippen LogP contribution is 2.33. The molecule has 0 radical (unpaired) electrons. The molecule has 1 atom stereocenters. The summed E-state index contributed by atoms with van der Waals surface area (Å²) >= 11 is 12.3. The van der Waals surface area contributed by atoms with Crippen LogP contribution in [-0.4, -0.2) is 44.3 Å². The first-order valence-corrected chi connectivity index (χ1v) is 16.3. The average molecular weight is 693 g/mol. The summed E-state index contributed by atoms with van der Waals surface area (Å²) in [5.74, 6) is -1.34. The van der Waals surface area contributed by atoms with Gasteiger partial charge in [-0.3, -0.25) is 13.9 Å². The molecule has 4 rings (SSSR count). The highest BCUT2D eigenvalue weighted by molar-refractivity contribution is 7.92. The van der Waals surface area contributed by atoms with Crippen LogP contribution in [0.15, 0.2) is 108 Å². The van der Waals surface area contributed by atoms with E-state index in [0.29, 0.717) is 15.9 Å². The van der Waals surface area contributed by atoms with E-state index >= 15 is 0 Å². The van der Waals surface area contributed by atoms with Crippen molar-refractivity contribution < 1.29 is 31.2 Å². The van der Waals surface area contributed by atoms with E-state index in [0.717, 1.165) is 17.7 Å². The molecule has 0 spiro atoms. The molecule has 1 N–H and O–H groups in total. The van der Waals surface area contributed by atoms with Crippen LogP contribution in [0.4, 0.5) is 18.9 Å². The first kappa shape index (κ1) is 34.8. The smallest absolute Gasteiger partial charge is 0.355 e. The van der Waals surface area contributed by atoms with Gasteiger partial charge in [-0.25, -0.2) is 8.42 Å². The van der Waals surface area contributed by atoms with Crippen molar-refractivity contribution in [2.45, 2.75) is 37.0 Å². The minimum absolute atomic E-state index is 0.0642. The average Bonchev–Trinajstić information content (AvgIpc) is 3.03. The Morgan fingerprint density at radius 2 is 1.48 bits per heavy atom. The molecule has 0 saturated heterocycles. The molecule has 0 heterocycles. The Morgan fingerprint density at radius 3 is 2.09 bits per heavy atom.